The summed E-state index contributed by atoms with van der Waals surface area (Å²) in [6, 6.07) is 6.60. The minimum absolute atomic E-state index is 0.155. The van der Waals surface area contributed by atoms with Gasteiger partial charge in [0.05, 0.1) is 5.69 Å². The average molecular weight is 350 g/mol. The number of nitrogens with one attached hydrogen (secondary N) is 2. The molecule has 7 heteroatoms. The Morgan fingerprint density at radius 2 is 2.00 bits per heavy atom. The lowest BCUT2D eigenvalue weighted by molar-refractivity contribution is -0.116. The van der Waals surface area contributed by atoms with Crippen LogP contribution < -0.4 is 10.6 Å². The van der Waals surface area contributed by atoms with Crippen LogP contribution in [0.4, 0.5) is 5.13 Å². The van der Waals surface area contributed by atoms with Crippen molar-refractivity contribution in [1.29, 1.82) is 0 Å². The van der Waals surface area contributed by atoms with E-state index < -0.39 is 0 Å². The predicted octanol–water partition coefficient (Wildman–Crippen LogP) is 3.43. The van der Waals surface area contributed by atoms with Crippen molar-refractivity contribution >= 4 is 39.9 Å². The van der Waals surface area contributed by atoms with Crippen molar-refractivity contribution in [3.05, 3.63) is 45.9 Å². The van der Waals surface area contributed by atoms with Crippen molar-refractivity contribution in [2.45, 2.75) is 25.2 Å². The lowest BCUT2D eigenvalue weighted by atomic mass is 10.2. The molecule has 1 aromatic carbocycles. The number of nitrogens with zero attached hydrogens (tertiary/aromatic N) is 1. The molecule has 0 aliphatic heterocycles. The molecule has 0 spiro atoms. The number of halogens is 1. The van der Waals surface area contributed by atoms with Crippen molar-refractivity contribution in [3.8, 4) is 0 Å². The van der Waals surface area contributed by atoms with Gasteiger partial charge in [-0.15, -0.1) is 11.3 Å². The second kappa shape index (κ2) is 7.10. The molecule has 23 heavy (non-hydrogen) atoms. The van der Waals surface area contributed by atoms with E-state index in [4.69, 9.17) is 11.6 Å². The summed E-state index contributed by atoms with van der Waals surface area (Å²) in [4.78, 5) is 28.1. The second-order valence-corrected chi connectivity index (χ2v) is 6.71. The van der Waals surface area contributed by atoms with Crippen LogP contribution in [0.25, 0.3) is 0 Å². The van der Waals surface area contributed by atoms with Crippen LogP contribution in [0.2, 0.25) is 5.02 Å². The van der Waals surface area contributed by atoms with Gasteiger partial charge in [0.2, 0.25) is 5.91 Å². The summed E-state index contributed by atoms with van der Waals surface area (Å²) in [6.45, 7) is 0.272. The standard InChI is InChI=1S/C16H16ClN3O2S/c17-12-5-3-11(4-6-12)15(22)18-8-7-14(21)20-16-19-13(9-23-16)10-1-2-10/h3-6,9-10H,1-2,7-8H2,(H,18,22)(H,19,20,21). The normalized spacial score (nSPS) is 13.6. The van der Waals surface area contributed by atoms with Gasteiger partial charge in [-0.25, -0.2) is 4.98 Å². The number of benzene rings is 1. The highest BCUT2D eigenvalue weighted by Gasteiger charge is 2.26. The summed E-state index contributed by atoms with van der Waals surface area (Å²) in [5.41, 5.74) is 1.59. The van der Waals surface area contributed by atoms with E-state index in [1.54, 1.807) is 24.3 Å². The van der Waals surface area contributed by atoms with Crippen molar-refractivity contribution < 1.29 is 9.59 Å². The van der Waals surface area contributed by atoms with Crippen LogP contribution in [0.1, 0.15) is 41.2 Å². The van der Waals surface area contributed by atoms with Gasteiger partial charge in [0.25, 0.3) is 5.91 Å². The Labute approximate surface area is 143 Å². The molecule has 0 saturated heterocycles. The molecule has 0 radical (unpaired) electrons. The molecule has 2 amide bonds. The Balaban J connectivity index is 1.41. The smallest absolute Gasteiger partial charge is 0.251 e. The van der Waals surface area contributed by atoms with Gasteiger partial charge in [0.1, 0.15) is 0 Å². The van der Waals surface area contributed by atoms with Crippen LogP contribution >= 0.6 is 22.9 Å². The Kier molecular flexibility index (Phi) is 4.93. The summed E-state index contributed by atoms with van der Waals surface area (Å²) >= 11 is 7.22. The molecule has 1 aliphatic carbocycles. The molecule has 1 aliphatic rings. The fourth-order valence-corrected chi connectivity index (χ4v) is 3.02. The van der Waals surface area contributed by atoms with E-state index in [-0.39, 0.29) is 24.8 Å². The molecular weight excluding hydrogens is 334 g/mol. The highest BCUT2D eigenvalue weighted by molar-refractivity contribution is 7.13. The van der Waals surface area contributed by atoms with Crippen LogP contribution in [0.15, 0.2) is 29.6 Å². The van der Waals surface area contributed by atoms with Gasteiger partial charge in [-0.3, -0.25) is 9.59 Å². The first-order valence-corrected chi connectivity index (χ1v) is 8.66. The SMILES string of the molecule is O=C(CCNC(=O)c1ccc(Cl)cc1)Nc1nc(C2CC2)cs1. The zero-order valence-corrected chi connectivity index (χ0v) is 13.9. The molecule has 0 bridgehead atoms. The number of hydrogen-bond acceptors (Lipinski definition) is 4. The molecule has 1 fully saturated rings. The molecule has 120 valence electrons. The summed E-state index contributed by atoms with van der Waals surface area (Å²) in [6.07, 6.45) is 2.58. The quantitative estimate of drug-likeness (QED) is 0.839. The fourth-order valence-electron chi connectivity index (χ4n) is 2.08. The summed E-state index contributed by atoms with van der Waals surface area (Å²) in [5, 5.41) is 8.67. The molecule has 1 aromatic heterocycles. The summed E-state index contributed by atoms with van der Waals surface area (Å²) in [5.74, 6) is 0.202. The minimum Gasteiger partial charge on any atom is -0.352 e. The van der Waals surface area contributed by atoms with Crippen LogP contribution in [0.3, 0.4) is 0 Å². The van der Waals surface area contributed by atoms with Gasteiger partial charge in [-0.2, -0.15) is 0 Å². The van der Waals surface area contributed by atoms with E-state index in [2.05, 4.69) is 15.6 Å². The van der Waals surface area contributed by atoms with E-state index in [0.717, 1.165) is 5.69 Å². The third-order valence-electron chi connectivity index (χ3n) is 3.51. The first-order chi connectivity index (χ1) is 11.1. The minimum atomic E-state index is -0.222. The lowest BCUT2D eigenvalue weighted by Crippen LogP contribution is -2.27. The Morgan fingerprint density at radius 3 is 2.70 bits per heavy atom. The van der Waals surface area contributed by atoms with Crippen molar-refractivity contribution in [2.75, 3.05) is 11.9 Å². The zero-order chi connectivity index (χ0) is 16.2. The van der Waals surface area contributed by atoms with E-state index in [1.165, 1.54) is 24.2 Å². The number of carbonyl (C=O) groups is 2. The van der Waals surface area contributed by atoms with Gasteiger partial charge >= 0.3 is 0 Å². The third-order valence-corrected chi connectivity index (χ3v) is 4.54. The maximum atomic E-state index is 11.9. The van der Waals surface area contributed by atoms with E-state index in [1.807, 2.05) is 5.38 Å². The molecule has 3 rings (SSSR count). The highest BCUT2D eigenvalue weighted by atomic mass is 35.5. The molecule has 2 aromatic rings. The molecule has 0 atom stereocenters. The topological polar surface area (TPSA) is 71.1 Å². The summed E-state index contributed by atoms with van der Waals surface area (Å²) < 4.78 is 0. The maximum Gasteiger partial charge on any atom is 0.251 e. The Hall–Kier alpha value is -1.92. The Morgan fingerprint density at radius 1 is 1.26 bits per heavy atom. The molecule has 0 unspecified atom stereocenters. The second-order valence-electron chi connectivity index (χ2n) is 5.41. The molecule has 1 saturated carbocycles. The summed E-state index contributed by atoms with van der Waals surface area (Å²) in [7, 11) is 0. The van der Waals surface area contributed by atoms with E-state index in [0.29, 0.717) is 21.6 Å². The average Bonchev–Trinajstić information content (AvgIpc) is 3.28. The van der Waals surface area contributed by atoms with Gasteiger partial charge in [-0.1, -0.05) is 11.6 Å². The van der Waals surface area contributed by atoms with Gasteiger partial charge < -0.3 is 10.6 Å². The molecule has 1 heterocycles. The monoisotopic (exact) mass is 349 g/mol. The molecule has 5 nitrogen and oxygen atoms in total. The van der Waals surface area contributed by atoms with E-state index in [9.17, 15) is 9.59 Å². The Bertz CT molecular complexity index is 710. The van der Waals surface area contributed by atoms with Crippen LogP contribution in [0.5, 0.6) is 0 Å². The first-order valence-electron chi connectivity index (χ1n) is 7.41. The van der Waals surface area contributed by atoms with Crippen LogP contribution in [-0.2, 0) is 4.79 Å². The number of hydrogen-bond donors (Lipinski definition) is 2. The number of anilines is 1. The van der Waals surface area contributed by atoms with Crippen molar-refractivity contribution in [3.63, 3.8) is 0 Å². The van der Waals surface area contributed by atoms with Gasteiger partial charge in [0.15, 0.2) is 5.13 Å². The zero-order valence-electron chi connectivity index (χ0n) is 12.3. The van der Waals surface area contributed by atoms with E-state index >= 15 is 0 Å². The predicted molar refractivity (Wildman–Crippen MR) is 91.1 cm³/mol. The highest BCUT2D eigenvalue weighted by Crippen LogP contribution is 2.40. The van der Waals surface area contributed by atoms with Crippen LogP contribution in [-0.4, -0.2) is 23.3 Å². The fraction of sp³-hybridized carbons (Fsp3) is 0.312. The van der Waals surface area contributed by atoms with Gasteiger partial charge in [0, 0.05) is 34.8 Å². The third kappa shape index (κ3) is 4.53. The van der Waals surface area contributed by atoms with Crippen molar-refractivity contribution in [1.82, 2.24) is 10.3 Å². The van der Waals surface area contributed by atoms with Crippen molar-refractivity contribution in [2.24, 2.45) is 0 Å². The molecule has 2 N–H and O–H groups in total. The van der Waals surface area contributed by atoms with Crippen LogP contribution in [0, 0.1) is 0 Å². The number of amides is 2. The number of thiazole rings is 1. The lowest BCUT2D eigenvalue weighted by Gasteiger charge is -2.05. The van der Waals surface area contributed by atoms with Gasteiger partial charge in [-0.05, 0) is 37.1 Å². The molecular formula is C16H16ClN3O2S. The largest absolute Gasteiger partial charge is 0.352 e. The number of aromatic nitrogens is 1. The number of rotatable bonds is 6. The maximum absolute atomic E-state index is 11.9. The number of carbonyl (C=O) groups excluding carboxylic acids is 2. The first kappa shape index (κ1) is 16.0.